The van der Waals surface area contributed by atoms with Crippen molar-refractivity contribution in [2.75, 3.05) is 18.5 Å². The standard InChI is InChI=1S/C29H36N4O6/c1-6-20-11-13-21(14-12-20)25(26(36)31-22-10-8-7-9-19(22)2)33(17-18-34)27(37)23(15-16-24(30)35)32-28(38)39-29(3,4)5/h1,7-14,23,25,34H,15-18H2,2-5H3,(H2,30,35)(H,31,36)(H,32,38). The average Bonchev–Trinajstić information content (AvgIpc) is 2.86. The maximum Gasteiger partial charge on any atom is 0.408 e. The molecule has 10 heteroatoms. The highest BCUT2D eigenvalue weighted by atomic mass is 16.6. The van der Waals surface area contributed by atoms with Gasteiger partial charge in [0.15, 0.2) is 0 Å². The number of benzene rings is 2. The molecule has 2 atom stereocenters. The Bertz CT molecular complexity index is 1210. The topological polar surface area (TPSA) is 151 Å². The maximum atomic E-state index is 13.9. The van der Waals surface area contributed by atoms with Crippen molar-refractivity contribution in [3.63, 3.8) is 0 Å². The normalized spacial score (nSPS) is 12.4. The molecule has 0 saturated carbocycles. The molecule has 2 aromatic carbocycles. The van der Waals surface area contributed by atoms with Gasteiger partial charge in [0.2, 0.25) is 11.8 Å². The zero-order chi connectivity index (χ0) is 29.2. The van der Waals surface area contributed by atoms with Gasteiger partial charge in [-0.3, -0.25) is 14.4 Å². The number of nitrogens with one attached hydrogen (secondary N) is 2. The molecule has 0 radical (unpaired) electrons. The van der Waals surface area contributed by atoms with Gasteiger partial charge in [0, 0.05) is 24.2 Å². The minimum Gasteiger partial charge on any atom is -0.444 e. The average molecular weight is 537 g/mol. The van der Waals surface area contributed by atoms with Gasteiger partial charge in [-0.25, -0.2) is 4.79 Å². The van der Waals surface area contributed by atoms with Crippen LogP contribution in [-0.2, 0) is 19.1 Å². The van der Waals surface area contributed by atoms with Crippen molar-refractivity contribution in [1.29, 1.82) is 0 Å². The fourth-order valence-electron chi connectivity index (χ4n) is 3.82. The van der Waals surface area contributed by atoms with E-state index in [1.165, 1.54) is 0 Å². The Kier molecular flexibility index (Phi) is 11.1. The lowest BCUT2D eigenvalue weighted by molar-refractivity contribution is -0.141. The summed E-state index contributed by atoms with van der Waals surface area (Å²) in [5, 5.41) is 15.2. The molecule has 0 aliphatic rings. The quantitative estimate of drug-likeness (QED) is 0.324. The zero-order valence-corrected chi connectivity index (χ0v) is 22.7. The Morgan fingerprint density at radius 1 is 1.10 bits per heavy atom. The van der Waals surface area contributed by atoms with Gasteiger partial charge in [0.25, 0.3) is 5.91 Å². The van der Waals surface area contributed by atoms with E-state index in [4.69, 9.17) is 16.9 Å². The Labute approximate surface area is 228 Å². The molecule has 0 aromatic heterocycles. The van der Waals surface area contributed by atoms with Crippen LogP contribution in [-0.4, -0.2) is 58.6 Å². The van der Waals surface area contributed by atoms with Crippen molar-refractivity contribution < 1.29 is 29.0 Å². The lowest BCUT2D eigenvalue weighted by Crippen LogP contribution is -2.53. The molecule has 0 heterocycles. The van der Waals surface area contributed by atoms with Crippen LogP contribution in [0.1, 0.15) is 56.3 Å². The lowest BCUT2D eigenvalue weighted by Gasteiger charge is -2.34. The molecule has 4 amide bonds. The predicted octanol–water partition coefficient (Wildman–Crippen LogP) is 2.64. The Morgan fingerprint density at radius 2 is 1.74 bits per heavy atom. The number of carbonyl (C=O) groups is 4. The van der Waals surface area contributed by atoms with E-state index in [9.17, 15) is 24.3 Å². The Hall–Kier alpha value is -4.36. The third-order valence-corrected chi connectivity index (χ3v) is 5.65. The van der Waals surface area contributed by atoms with Crippen molar-refractivity contribution >= 4 is 29.5 Å². The minimum atomic E-state index is -1.27. The van der Waals surface area contributed by atoms with Crippen LogP contribution in [0.15, 0.2) is 48.5 Å². The van der Waals surface area contributed by atoms with Crippen LogP contribution >= 0.6 is 0 Å². The first-order valence-electron chi connectivity index (χ1n) is 12.5. The van der Waals surface area contributed by atoms with Crippen LogP contribution in [0.25, 0.3) is 0 Å². The monoisotopic (exact) mass is 536 g/mol. The number of ether oxygens (including phenoxy) is 1. The number of hydrogen-bond acceptors (Lipinski definition) is 6. The minimum absolute atomic E-state index is 0.141. The maximum absolute atomic E-state index is 13.9. The summed E-state index contributed by atoms with van der Waals surface area (Å²) in [4.78, 5) is 52.9. The van der Waals surface area contributed by atoms with E-state index < -0.39 is 48.1 Å². The smallest absolute Gasteiger partial charge is 0.408 e. The predicted molar refractivity (Wildman–Crippen MR) is 147 cm³/mol. The van der Waals surface area contributed by atoms with Gasteiger partial charge in [-0.2, -0.15) is 0 Å². The molecular formula is C29H36N4O6. The third kappa shape index (κ3) is 9.47. The molecule has 0 spiro atoms. The van der Waals surface area contributed by atoms with Crippen LogP contribution in [0.3, 0.4) is 0 Å². The van der Waals surface area contributed by atoms with Crippen molar-refractivity contribution in [2.45, 2.75) is 58.2 Å². The van der Waals surface area contributed by atoms with Gasteiger partial charge >= 0.3 is 6.09 Å². The molecule has 2 unspecified atom stereocenters. The van der Waals surface area contributed by atoms with Gasteiger partial charge in [0.1, 0.15) is 17.7 Å². The fourth-order valence-corrected chi connectivity index (χ4v) is 3.82. The lowest BCUT2D eigenvalue weighted by atomic mass is 10.00. The molecule has 0 bridgehead atoms. The number of alkyl carbamates (subject to hydrolysis) is 1. The molecule has 0 fully saturated rings. The number of anilines is 1. The number of para-hydroxylation sites is 1. The summed E-state index contributed by atoms with van der Waals surface area (Å²) in [5.41, 5.74) is 6.80. The highest BCUT2D eigenvalue weighted by Gasteiger charge is 2.36. The van der Waals surface area contributed by atoms with Crippen LogP contribution < -0.4 is 16.4 Å². The van der Waals surface area contributed by atoms with E-state index in [-0.39, 0.29) is 19.4 Å². The van der Waals surface area contributed by atoms with Gasteiger partial charge in [-0.1, -0.05) is 36.3 Å². The number of nitrogens with zero attached hydrogens (tertiary/aromatic N) is 1. The van der Waals surface area contributed by atoms with Crippen molar-refractivity contribution in [3.05, 3.63) is 65.2 Å². The number of aliphatic hydroxyl groups is 1. The van der Waals surface area contributed by atoms with E-state index in [1.807, 2.05) is 19.1 Å². The van der Waals surface area contributed by atoms with E-state index in [1.54, 1.807) is 57.2 Å². The molecule has 2 aromatic rings. The van der Waals surface area contributed by atoms with Crippen molar-refractivity contribution in [2.24, 2.45) is 5.73 Å². The summed E-state index contributed by atoms with van der Waals surface area (Å²) in [6.07, 6.45) is 4.25. The first kappa shape index (κ1) is 30.9. The number of nitrogens with two attached hydrogens (primary N) is 1. The number of primary amides is 1. The number of rotatable bonds is 11. The molecule has 5 N–H and O–H groups in total. The molecule has 0 aliphatic carbocycles. The van der Waals surface area contributed by atoms with Gasteiger partial charge in [-0.05, 0) is 63.4 Å². The first-order valence-corrected chi connectivity index (χ1v) is 12.5. The van der Waals surface area contributed by atoms with Crippen LogP contribution in [0.2, 0.25) is 0 Å². The first-order chi connectivity index (χ1) is 18.4. The molecule has 0 saturated heterocycles. The number of aryl methyl sites for hydroxylation is 1. The summed E-state index contributed by atoms with van der Waals surface area (Å²) in [6, 6.07) is 11.2. The van der Waals surface area contributed by atoms with Gasteiger partial charge in [-0.15, -0.1) is 6.42 Å². The summed E-state index contributed by atoms with van der Waals surface area (Å²) < 4.78 is 5.29. The summed E-state index contributed by atoms with van der Waals surface area (Å²) in [7, 11) is 0. The summed E-state index contributed by atoms with van der Waals surface area (Å²) in [5.74, 6) is 0.575. The van der Waals surface area contributed by atoms with E-state index >= 15 is 0 Å². The highest BCUT2D eigenvalue weighted by molar-refractivity contribution is 5.99. The number of terminal acetylenes is 1. The van der Waals surface area contributed by atoms with E-state index in [0.29, 0.717) is 16.8 Å². The number of hydrogen-bond donors (Lipinski definition) is 4. The molecule has 39 heavy (non-hydrogen) atoms. The zero-order valence-electron chi connectivity index (χ0n) is 22.7. The van der Waals surface area contributed by atoms with Gasteiger partial charge < -0.3 is 31.1 Å². The van der Waals surface area contributed by atoms with Crippen LogP contribution in [0, 0.1) is 19.3 Å². The Morgan fingerprint density at radius 3 is 2.28 bits per heavy atom. The second kappa shape index (κ2) is 14.0. The van der Waals surface area contributed by atoms with Gasteiger partial charge in [0.05, 0.1) is 6.61 Å². The molecule has 0 aliphatic heterocycles. The van der Waals surface area contributed by atoms with E-state index in [2.05, 4.69) is 16.6 Å². The number of carbonyl (C=O) groups excluding carboxylic acids is 4. The molecule has 10 nitrogen and oxygen atoms in total. The SMILES string of the molecule is C#Cc1ccc(C(C(=O)Nc2ccccc2C)N(CCO)C(=O)C(CCC(N)=O)NC(=O)OC(C)(C)C)cc1. The van der Waals surface area contributed by atoms with Crippen molar-refractivity contribution in [1.82, 2.24) is 10.2 Å². The largest absolute Gasteiger partial charge is 0.444 e. The second-order valence-corrected chi connectivity index (χ2v) is 9.93. The summed E-state index contributed by atoms with van der Waals surface area (Å²) in [6.45, 7) is 6.10. The van der Waals surface area contributed by atoms with Crippen molar-refractivity contribution in [3.8, 4) is 12.3 Å². The highest BCUT2D eigenvalue weighted by Crippen LogP contribution is 2.26. The third-order valence-electron chi connectivity index (χ3n) is 5.65. The molecule has 2 rings (SSSR count). The van der Waals surface area contributed by atoms with E-state index in [0.717, 1.165) is 10.5 Å². The van der Waals surface area contributed by atoms with Crippen LogP contribution in [0.5, 0.6) is 0 Å². The fraction of sp³-hybridized carbons (Fsp3) is 0.379. The second-order valence-electron chi connectivity index (χ2n) is 9.93. The molecule has 208 valence electrons. The number of aliphatic hydroxyl groups excluding tert-OH is 1. The Balaban J connectivity index is 2.53. The van der Waals surface area contributed by atoms with Crippen LogP contribution in [0.4, 0.5) is 10.5 Å². The number of amides is 4. The molecular weight excluding hydrogens is 500 g/mol. The summed E-state index contributed by atoms with van der Waals surface area (Å²) >= 11 is 0.